The zero-order valence-corrected chi connectivity index (χ0v) is 13.9. The highest BCUT2D eigenvalue weighted by molar-refractivity contribution is 5.85. The van der Waals surface area contributed by atoms with Crippen LogP contribution in [0.2, 0.25) is 0 Å². The molecule has 0 N–H and O–H groups in total. The van der Waals surface area contributed by atoms with Crippen molar-refractivity contribution in [3.05, 3.63) is 11.9 Å². The largest absolute Gasteiger partial charge is 0.370 e. The van der Waals surface area contributed by atoms with Crippen molar-refractivity contribution in [3.63, 3.8) is 0 Å². The van der Waals surface area contributed by atoms with Gasteiger partial charge >= 0.3 is 0 Å². The molecule has 23 heavy (non-hydrogen) atoms. The number of nitrogens with zero attached hydrogens (tertiary/aromatic N) is 5. The second-order valence-corrected chi connectivity index (χ2v) is 7.38. The van der Waals surface area contributed by atoms with Crippen LogP contribution in [0.1, 0.15) is 44.8 Å². The molecule has 0 aliphatic carbocycles. The smallest absolute Gasteiger partial charge is 0.242 e. The Morgan fingerprint density at radius 2 is 2.09 bits per heavy atom. The van der Waals surface area contributed by atoms with E-state index < -0.39 is 5.54 Å². The average molecular weight is 319 g/mol. The van der Waals surface area contributed by atoms with Gasteiger partial charge in [0.2, 0.25) is 5.91 Å². The minimum absolute atomic E-state index is 0.0910. The fraction of sp³-hybridized carbons (Fsp3) is 0.812. The zero-order valence-electron chi connectivity index (χ0n) is 13.9. The van der Waals surface area contributed by atoms with Crippen molar-refractivity contribution >= 4 is 5.91 Å². The summed E-state index contributed by atoms with van der Waals surface area (Å²) in [5.74, 6) is 0.227. The SMILES string of the molecule is CC(C)(C(=O)N1CC[C@@H]2OCc3cnnn3[C@@H]2C1)N1CCCC1. The van der Waals surface area contributed by atoms with Crippen LogP contribution in [0.15, 0.2) is 6.20 Å². The highest BCUT2D eigenvalue weighted by Gasteiger charge is 2.43. The lowest BCUT2D eigenvalue weighted by Gasteiger charge is -2.44. The van der Waals surface area contributed by atoms with E-state index >= 15 is 0 Å². The maximum Gasteiger partial charge on any atom is 0.242 e. The Bertz CT molecular complexity index is 593. The van der Waals surface area contributed by atoms with E-state index in [9.17, 15) is 4.79 Å². The van der Waals surface area contributed by atoms with Crippen molar-refractivity contribution in [2.45, 2.75) is 57.4 Å². The second kappa shape index (κ2) is 5.56. The van der Waals surface area contributed by atoms with Gasteiger partial charge in [-0.1, -0.05) is 5.21 Å². The first-order valence-electron chi connectivity index (χ1n) is 8.62. The van der Waals surface area contributed by atoms with Crippen LogP contribution in [0, 0.1) is 0 Å². The van der Waals surface area contributed by atoms with Gasteiger partial charge in [-0.15, -0.1) is 5.10 Å². The third-order valence-corrected chi connectivity index (χ3v) is 5.64. The molecular weight excluding hydrogens is 294 g/mol. The van der Waals surface area contributed by atoms with E-state index in [2.05, 4.69) is 29.1 Å². The molecule has 0 spiro atoms. The molecule has 0 saturated carbocycles. The number of carbonyl (C=O) groups is 1. The summed E-state index contributed by atoms with van der Waals surface area (Å²) in [7, 11) is 0. The van der Waals surface area contributed by atoms with Crippen LogP contribution in [-0.4, -0.2) is 68.5 Å². The van der Waals surface area contributed by atoms with Gasteiger partial charge in [0.15, 0.2) is 0 Å². The monoisotopic (exact) mass is 319 g/mol. The third-order valence-electron chi connectivity index (χ3n) is 5.64. The maximum atomic E-state index is 13.1. The molecule has 126 valence electrons. The molecular formula is C16H25N5O2. The van der Waals surface area contributed by atoms with E-state index in [-0.39, 0.29) is 18.1 Å². The van der Waals surface area contributed by atoms with Gasteiger partial charge in [0, 0.05) is 13.1 Å². The van der Waals surface area contributed by atoms with E-state index in [4.69, 9.17) is 4.74 Å². The Labute approximate surface area is 136 Å². The first-order valence-corrected chi connectivity index (χ1v) is 8.62. The van der Waals surface area contributed by atoms with Gasteiger partial charge in [0.1, 0.15) is 0 Å². The lowest BCUT2D eigenvalue weighted by atomic mass is 9.95. The number of piperidine rings is 1. The molecule has 1 aromatic heterocycles. The molecule has 1 amide bonds. The van der Waals surface area contributed by atoms with Crippen LogP contribution in [0.3, 0.4) is 0 Å². The number of rotatable bonds is 2. The molecule has 2 saturated heterocycles. The van der Waals surface area contributed by atoms with Crippen molar-refractivity contribution in [2.24, 2.45) is 0 Å². The molecule has 0 bridgehead atoms. The average Bonchev–Trinajstić information content (AvgIpc) is 3.24. The number of ether oxygens (including phenoxy) is 1. The van der Waals surface area contributed by atoms with Gasteiger partial charge in [0.05, 0.1) is 36.2 Å². The summed E-state index contributed by atoms with van der Waals surface area (Å²) in [5.41, 5.74) is 0.573. The van der Waals surface area contributed by atoms with Crippen molar-refractivity contribution in [1.82, 2.24) is 24.8 Å². The lowest BCUT2D eigenvalue weighted by Crippen LogP contribution is -2.59. The van der Waals surface area contributed by atoms with E-state index in [1.165, 1.54) is 12.8 Å². The molecule has 7 heteroatoms. The Morgan fingerprint density at radius 1 is 1.30 bits per heavy atom. The minimum Gasteiger partial charge on any atom is -0.370 e. The number of amides is 1. The number of hydrogen-bond donors (Lipinski definition) is 0. The van der Waals surface area contributed by atoms with Crippen LogP contribution in [-0.2, 0) is 16.1 Å². The topological polar surface area (TPSA) is 63.5 Å². The van der Waals surface area contributed by atoms with Gasteiger partial charge in [-0.25, -0.2) is 4.68 Å². The molecule has 2 atom stereocenters. The first-order chi connectivity index (χ1) is 11.1. The highest BCUT2D eigenvalue weighted by Crippen LogP contribution is 2.32. The molecule has 2 fully saturated rings. The van der Waals surface area contributed by atoms with E-state index in [1.807, 2.05) is 9.58 Å². The molecule has 4 rings (SSSR count). The fourth-order valence-corrected chi connectivity index (χ4v) is 4.16. The maximum absolute atomic E-state index is 13.1. The predicted octanol–water partition coefficient (Wildman–Crippen LogP) is 0.825. The lowest BCUT2D eigenvalue weighted by molar-refractivity contribution is -0.148. The number of carbonyl (C=O) groups excluding carboxylic acids is 1. The molecule has 0 aromatic carbocycles. The van der Waals surface area contributed by atoms with Gasteiger partial charge in [-0.2, -0.15) is 0 Å². The Kier molecular flexibility index (Phi) is 3.65. The Balaban J connectivity index is 1.52. The summed E-state index contributed by atoms with van der Waals surface area (Å²) in [4.78, 5) is 17.4. The standard InChI is InChI=1S/C16H25N5O2/c1-16(2,20-6-3-4-7-20)15(22)19-8-5-14-13(10-19)21-12(11-23-14)9-17-18-21/h9,13-14H,3-8,10-11H2,1-2H3/t13-,14+/m1/s1. The number of fused-ring (bicyclic) bond motifs is 3. The first kappa shape index (κ1) is 15.1. The predicted molar refractivity (Wildman–Crippen MR) is 83.7 cm³/mol. The minimum atomic E-state index is -0.427. The van der Waals surface area contributed by atoms with Gasteiger partial charge in [0.25, 0.3) is 0 Å². The van der Waals surface area contributed by atoms with Gasteiger partial charge < -0.3 is 9.64 Å². The molecule has 7 nitrogen and oxygen atoms in total. The number of aromatic nitrogens is 3. The summed E-state index contributed by atoms with van der Waals surface area (Å²) in [6.45, 7) is 8.17. The van der Waals surface area contributed by atoms with Crippen molar-refractivity contribution in [1.29, 1.82) is 0 Å². The molecule has 3 aliphatic heterocycles. The van der Waals surface area contributed by atoms with Crippen LogP contribution < -0.4 is 0 Å². The van der Waals surface area contributed by atoms with Crippen LogP contribution in [0.25, 0.3) is 0 Å². The van der Waals surface area contributed by atoms with Crippen molar-refractivity contribution in [2.75, 3.05) is 26.2 Å². The normalized spacial score (nSPS) is 28.5. The zero-order chi connectivity index (χ0) is 16.0. The molecule has 3 aliphatic rings. The van der Waals surface area contributed by atoms with Crippen molar-refractivity contribution in [3.8, 4) is 0 Å². The number of hydrogen-bond acceptors (Lipinski definition) is 5. The van der Waals surface area contributed by atoms with Gasteiger partial charge in [-0.3, -0.25) is 9.69 Å². The second-order valence-electron chi connectivity index (χ2n) is 7.38. The molecule has 0 unspecified atom stereocenters. The van der Waals surface area contributed by atoms with Crippen LogP contribution in [0.4, 0.5) is 0 Å². The molecule has 4 heterocycles. The van der Waals surface area contributed by atoms with Crippen molar-refractivity contribution < 1.29 is 9.53 Å². The summed E-state index contributed by atoms with van der Waals surface area (Å²) < 4.78 is 7.89. The van der Waals surface area contributed by atoms with Crippen LogP contribution >= 0.6 is 0 Å². The molecule has 1 aromatic rings. The summed E-state index contributed by atoms with van der Waals surface area (Å²) in [6, 6.07) is 0.0910. The number of likely N-dealkylation sites (tertiary alicyclic amines) is 2. The van der Waals surface area contributed by atoms with Crippen LogP contribution in [0.5, 0.6) is 0 Å². The van der Waals surface area contributed by atoms with Gasteiger partial charge in [-0.05, 0) is 46.2 Å². The Hall–Kier alpha value is -1.47. The Morgan fingerprint density at radius 3 is 2.87 bits per heavy atom. The van der Waals surface area contributed by atoms with E-state index in [1.54, 1.807) is 6.20 Å². The molecule has 0 radical (unpaired) electrons. The highest BCUT2D eigenvalue weighted by atomic mass is 16.5. The third kappa shape index (κ3) is 2.46. The summed E-state index contributed by atoms with van der Waals surface area (Å²) in [6.07, 6.45) is 5.15. The van der Waals surface area contributed by atoms with E-state index in [0.717, 1.165) is 31.7 Å². The van der Waals surface area contributed by atoms with E-state index in [0.29, 0.717) is 13.2 Å². The fourth-order valence-electron chi connectivity index (χ4n) is 4.16. The summed E-state index contributed by atoms with van der Waals surface area (Å²) in [5, 5.41) is 8.21. The quantitative estimate of drug-likeness (QED) is 0.808. The summed E-state index contributed by atoms with van der Waals surface area (Å²) >= 11 is 0.